The minimum atomic E-state index is -1.19. The van der Waals surface area contributed by atoms with Gasteiger partial charge in [0, 0.05) is 62.2 Å². The Hall–Kier alpha value is -4.62. The molecule has 344 valence electrons. The second-order valence-electron chi connectivity index (χ2n) is 17.3. The quantitative estimate of drug-likeness (QED) is 0.0610. The van der Waals surface area contributed by atoms with E-state index in [2.05, 4.69) is 17.6 Å². The van der Waals surface area contributed by atoms with Gasteiger partial charge in [-0.3, -0.25) is 28.8 Å². The Morgan fingerprint density at radius 2 is 1.53 bits per heavy atom. The Kier molecular flexibility index (Phi) is 22.9. The van der Waals surface area contributed by atoms with E-state index in [9.17, 15) is 33.9 Å². The molecular weight excluding hydrogens is 787 g/mol. The summed E-state index contributed by atoms with van der Waals surface area (Å²) in [4.78, 5) is 83.4. The highest BCUT2D eigenvalue weighted by Gasteiger charge is 2.36. The molecule has 2 aromatic rings. The number of phenolic OH excluding ortho intramolecular Hbond substituents is 1. The number of unbranched alkanes of at least 4 members (excludes halogenated alkanes) is 11. The molecule has 0 saturated carbocycles. The number of carbonyl (C=O) groups excluding carboxylic acids is 6. The van der Waals surface area contributed by atoms with Crippen LogP contribution in [-0.4, -0.2) is 83.9 Å². The fourth-order valence-electron chi connectivity index (χ4n) is 8.08. The van der Waals surface area contributed by atoms with Crippen molar-refractivity contribution in [2.24, 2.45) is 23.3 Å². The number of hydrogen-bond donors (Lipinski definition) is 5. The molecule has 4 bridgehead atoms. The fourth-order valence-corrected chi connectivity index (χ4v) is 8.08. The molecule has 1 aliphatic rings. The molecule has 0 unspecified atom stereocenters. The molecule has 0 spiro atoms. The van der Waals surface area contributed by atoms with Gasteiger partial charge in [0.05, 0.1) is 6.04 Å². The Morgan fingerprint density at radius 1 is 0.871 bits per heavy atom. The van der Waals surface area contributed by atoms with Gasteiger partial charge >= 0.3 is 0 Å². The SMILES string of the molecule is CCCCCCCCCCCCCC(=O)C[C@@H](CCCCN)C(=O)N(C)[C@@H]1C(=O)C[C@@H](C)C(=O)N[C@H](C(=O)N[C@@H](C)C(C)=O)Cc2ccc(OCCN)c(c2)-c2cc1ccc2O. The molecule has 0 radical (unpaired) electrons. The van der Waals surface area contributed by atoms with Gasteiger partial charge in [-0.2, -0.15) is 0 Å². The lowest BCUT2D eigenvalue weighted by Gasteiger charge is -2.32. The number of phenols is 1. The fraction of sp³-hybridized carbons (Fsp3) is 0.633. The van der Waals surface area contributed by atoms with Gasteiger partial charge < -0.3 is 36.8 Å². The Labute approximate surface area is 369 Å². The summed E-state index contributed by atoms with van der Waals surface area (Å²) < 4.78 is 6.00. The Balaban J connectivity index is 1.95. The van der Waals surface area contributed by atoms with E-state index in [1.165, 1.54) is 62.8 Å². The van der Waals surface area contributed by atoms with E-state index in [0.717, 1.165) is 25.7 Å². The van der Waals surface area contributed by atoms with Crippen molar-refractivity contribution in [3.8, 4) is 22.6 Å². The minimum absolute atomic E-state index is 0.0103. The molecular formula is C49H75N5O8. The van der Waals surface area contributed by atoms with Gasteiger partial charge in [-0.15, -0.1) is 0 Å². The Morgan fingerprint density at radius 3 is 2.16 bits per heavy atom. The normalized spacial score (nSPS) is 17.6. The topological polar surface area (TPSA) is 211 Å². The minimum Gasteiger partial charge on any atom is -0.507 e. The first-order chi connectivity index (χ1) is 29.7. The number of carbonyl (C=O) groups is 6. The zero-order chi connectivity index (χ0) is 45.6. The summed E-state index contributed by atoms with van der Waals surface area (Å²) in [6.45, 7) is 7.54. The van der Waals surface area contributed by atoms with Crippen molar-refractivity contribution in [1.29, 1.82) is 0 Å². The maximum atomic E-state index is 14.6. The number of fused-ring (bicyclic) bond motifs is 5. The van der Waals surface area contributed by atoms with Crippen molar-refractivity contribution in [3.63, 3.8) is 0 Å². The van der Waals surface area contributed by atoms with Crippen LogP contribution in [0.2, 0.25) is 0 Å². The van der Waals surface area contributed by atoms with Crippen LogP contribution < -0.4 is 26.8 Å². The number of amides is 3. The van der Waals surface area contributed by atoms with E-state index in [4.69, 9.17) is 16.2 Å². The Bertz CT molecular complexity index is 1780. The monoisotopic (exact) mass is 862 g/mol. The van der Waals surface area contributed by atoms with Crippen LogP contribution in [0.5, 0.6) is 11.5 Å². The number of ketones is 3. The maximum absolute atomic E-state index is 14.6. The number of hydrogen-bond acceptors (Lipinski definition) is 10. The van der Waals surface area contributed by atoms with Crippen LogP contribution in [0.25, 0.3) is 11.1 Å². The number of aromatic hydroxyl groups is 1. The number of ether oxygens (including phenoxy) is 1. The molecule has 13 nitrogen and oxygen atoms in total. The first kappa shape index (κ1) is 51.7. The van der Waals surface area contributed by atoms with Gasteiger partial charge in [-0.1, -0.05) is 96.6 Å². The van der Waals surface area contributed by atoms with Crippen molar-refractivity contribution in [1.82, 2.24) is 15.5 Å². The number of nitrogens with two attached hydrogens (primary N) is 2. The second kappa shape index (κ2) is 27.4. The van der Waals surface area contributed by atoms with Crippen LogP contribution in [0, 0.1) is 11.8 Å². The molecule has 1 aliphatic heterocycles. The summed E-state index contributed by atoms with van der Waals surface area (Å²) in [5, 5.41) is 16.8. The van der Waals surface area contributed by atoms with E-state index in [1.807, 2.05) is 0 Å². The third kappa shape index (κ3) is 16.6. The third-order valence-corrected chi connectivity index (χ3v) is 12.0. The largest absolute Gasteiger partial charge is 0.507 e. The molecule has 0 aromatic heterocycles. The van der Waals surface area contributed by atoms with E-state index in [0.29, 0.717) is 60.2 Å². The first-order valence-electron chi connectivity index (χ1n) is 23.1. The van der Waals surface area contributed by atoms with Crippen LogP contribution in [0.15, 0.2) is 36.4 Å². The predicted octanol–water partition coefficient (Wildman–Crippen LogP) is 7.03. The van der Waals surface area contributed by atoms with E-state index >= 15 is 0 Å². The van der Waals surface area contributed by atoms with E-state index in [1.54, 1.807) is 51.2 Å². The average Bonchev–Trinajstić information content (AvgIpc) is 3.24. The molecule has 7 N–H and O–H groups in total. The summed E-state index contributed by atoms with van der Waals surface area (Å²) >= 11 is 0. The molecule has 5 atom stereocenters. The molecule has 0 fully saturated rings. The molecule has 0 aliphatic carbocycles. The lowest BCUT2D eigenvalue weighted by molar-refractivity contribution is -0.144. The molecule has 3 rings (SSSR count). The number of benzene rings is 2. The molecule has 2 aromatic carbocycles. The van der Waals surface area contributed by atoms with Gasteiger partial charge in [-0.05, 0) is 75.0 Å². The van der Waals surface area contributed by atoms with Crippen LogP contribution in [-0.2, 0) is 35.2 Å². The maximum Gasteiger partial charge on any atom is 0.243 e. The smallest absolute Gasteiger partial charge is 0.243 e. The molecule has 1 heterocycles. The van der Waals surface area contributed by atoms with Crippen molar-refractivity contribution >= 4 is 35.1 Å². The van der Waals surface area contributed by atoms with Gasteiger partial charge in [0.25, 0.3) is 0 Å². The summed E-state index contributed by atoms with van der Waals surface area (Å²) in [5.74, 6) is -3.53. The standard InChI is InChI=1S/C49H75N5O8/c1-6-7-8-9-10-11-12-13-14-15-16-20-39(56)31-38(19-17-18-25-50)49(61)54(5)46-37-22-23-43(57)40(32-37)41-29-36(21-24-45(41)62-27-26-51)30-42(48(60)52-34(3)35(4)55)53-47(59)33(2)28-44(46)58/h21-24,29,32-34,38,42,46,57H,6-20,25-28,30-31,50-51H2,1-5H3,(H,52,60)(H,53,59)/t33-,34+,38-,42+,46+/m1/s1. The molecule has 0 saturated heterocycles. The number of likely N-dealkylation sites (N-methyl/N-ethyl adjacent to an activating group) is 1. The number of Topliss-reactive ketones (excluding diaryl/α,β-unsaturated/α-hetero) is 3. The lowest BCUT2D eigenvalue weighted by Crippen LogP contribution is -2.52. The molecule has 62 heavy (non-hydrogen) atoms. The summed E-state index contributed by atoms with van der Waals surface area (Å²) in [6, 6.07) is 6.75. The highest BCUT2D eigenvalue weighted by atomic mass is 16.5. The molecule has 13 heteroatoms. The summed E-state index contributed by atoms with van der Waals surface area (Å²) in [6.07, 6.45) is 14.8. The first-order valence-corrected chi connectivity index (χ1v) is 23.1. The average molecular weight is 862 g/mol. The van der Waals surface area contributed by atoms with Crippen molar-refractivity contribution in [3.05, 3.63) is 47.5 Å². The predicted molar refractivity (Wildman–Crippen MR) is 243 cm³/mol. The van der Waals surface area contributed by atoms with Crippen molar-refractivity contribution < 1.29 is 38.6 Å². The summed E-state index contributed by atoms with van der Waals surface area (Å²) in [5.41, 5.74) is 13.4. The van der Waals surface area contributed by atoms with Gasteiger partial charge in [-0.25, -0.2) is 0 Å². The second-order valence-corrected chi connectivity index (χ2v) is 17.3. The number of rotatable bonds is 26. The van der Waals surface area contributed by atoms with Crippen LogP contribution >= 0.6 is 0 Å². The zero-order valence-electron chi connectivity index (χ0n) is 38.1. The highest BCUT2D eigenvalue weighted by molar-refractivity contribution is 5.97. The van der Waals surface area contributed by atoms with E-state index < -0.39 is 47.6 Å². The van der Waals surface area contributed by atoms with Gasteiger partial charge in [0.1, 0.15) is 36.0 Å². The number of nitrogens with zero attached hydrogens (tertiary/aromatic N) is 1. The lowest BCUT2D eigenvalue weighted by atomic mass is 9.88. The van der Waals surface area contributed by atoms with Gasteiger partial charge in [0.15, 0.2) is 11.6 Å². The van der Waals surface area contributed by atoms with Crippen LogP contribution in [0.4, 0.5) is 0 Å². The highest BCUT2D eigenvalue weighted by Crippen LogP contribution is 2.40. The third-order valence-electron chi connectivity index (χ3n) is 12.0. The van der Waals surface area contributed by atoms with E-state index in [-0.39, 0.29) is 55.6 Å². The van der Waals surface area contributed by atoms with Crippen LogP contribution in [0.1, 0.15) is 154 Å². The molecule has 3 amide bonds. The van der Waals surface area contributed by atoms with Crippen molar-refractivity contribution in [2.75, 3.05) is 26.7 Å². The van der Waals surface area contributed by atoms with Crippen LogP contribution in [0.3, 0.4) is 0 Å². The van der Waals surface area contributed by atoms with Crippen molar-refractivity contribution in [2.45, 2.75) is 161 Å². The van der Waals surface area contributed by atoms with Gasteiger partial charge in [0.2, 0.25) is 17.7 Å². The zero-order valence-corrected chi connectivity index (χ0v) is 38.1. The summed E-state index contributed by atoms with van der Waals surface area (Å²) in [7, 11) is 1.54. The number of nitrogens with one attached hydrogen (secondary N) is 2.